The molecule has 3 amide bonds. The average Bonchev–Trinajstić information content (AvgIpc) is 3.20. The average molecular weight is 610 g/mol. The van der Waals surface area contributed by atoms with E-state index >= 15 is 0 Å². The van der Waals surface area contributed by atoms with Crippen LogP contribution in [0.1, 0.15) is 50.5 Å². The smallest absolute Gasteiger partial charge is 0.444 e. The van der Waals surface area contributed by atoms with Gasteiger partial charge in [0.2, 0.25) is 0 Å². The van der Waals surface area contributed by atoms with Crippen molar-refractivity contribution in [1.82, 2.24) is 20.1 Å². The van der Waals surface area contributed by atoms with Gasteiger partial charge in [-0.3, -0.25) is 19.6 Å². The highest BCUT2D eigenvalue weighted by Gasteiger charge is 2.40. The molecule has 0 spiro atoms. The Kier molecular flexibility index (Phi) is 8.72. The highest BCUT2D eigenvalue weighted by atomic mass is 79.9. The molecule has 1 saturated heterocycles. The van der Waals surface area contributed by atoms with E-state index in [0.29, 0.717) is 41.4 Å². The van der Waals surface area contributed by atoms with Crippen LogP contribution in [0.25, 0.3) is 0 Å². The zero-order valence-electron chi connectivity index (χ0n) is 20.5. The Morgan fingerprint density at radius 2 is 1.86 bits per heavy atom. The number of aromatic nitrogens is 3. The zero-order chi connectivity index (χ0) is 27.5. The zero-order valence-corrected chi connectivity index (χ0v) is 22.9. The molecule has 0 saturated carbocycles. The first kappa shape index (κ1) is 28.7. The molecular weight excluding hydrogens is 583 g/mol. The molecule has 1 aliphatic rings. The molecule has 3 heterocycles. The van der Waals surface area contributed by atoms with Gasteiger partial charge in [0.1, 0.15) is 16.3 Å². The summed E-state index contributed by atoms with van der Waals surface area (Å²) in [7, 11) is 1.67. The molecule has 1 atom stereocenters. The number of rotatable bonds is 5. The van der Waals surface area contributed by atoms with Crippen LogP contribution in [0.5, 0.6) is 0 Å². The van der Waals surface area contributed by atoms with Gasteiger partial charge in [0.25, 0.3) is 5.91 Å². The summed E-state index contributed by atoms with van der Waals surface area (Å²) >= 11 is 4.26. The Bertz CT molecular complexity index is 1160. The molecule has 0 aromatic carbocycles. The second kappa shape index (κ2) is 11.2. The minimum atomic E-state index is -4.94. The number of hydrogen-bond donors (Lipinski definition) is 3. The summed E-state index contributed by atoms with van der Waals surface area (Å²) in [6.07, 6.45) is -3.05. The van der Waals surface area contributed by atoms with Crippen LogP contribution in [0.2, 0.25) is 0 Å². The summed E-state index contributed by atoms with van der Waals surface area (Å²) in [4.78, 5) is 42.7. The summed E-state index contributed by atoms with van der Waals surface area (Å²) in [6.45, 7) is 5.94. The van der Waals surface area contributed by atoms with Gasteiger partial charge in [-0.05, 0) is 56.0 Å². The molecule has 204 valence electrons. The number of amides is 3. The maximum atomic E-state index is 13.1. The van der Waals surface area contributed by atoms with Gasteiger partial charge in [0.05, 0.1) is 6.20 Å². The van der Waals surface area contributed by atoms with Crippen molar-refractivity contribution in [2.45, 2.75) is 57.9 Å². The van der Waals surface area contributed by atoms with Gasteiger partial charge in [0, 0.05) is 26.2 Å². The fourth-order valence-corrected chi connectivity index (χ4v) is 5.06. The van der Waals surface area contributed by atoms with E-state index in [0.717, 1.165) is 11.3 Å². The lowest BCUT2D eigenvalue weighted by Crippen LogP contribution is -2.43. The highest BCUT2D eigenvalue weighted by Crippen LogP contribution is 2.32. The molecule has 3 N–H and O–H groups in total. The standard InChI is InChI=1S/C21H27BrF3N7O4S/c1-20(2,3)36-19(35)30-15-13(29-18(22)37-15)14(33)28-12-10-26-31(4)16(12)32-8-5-6-11(7-9-32)27-17(34)21(23,24)25/h10-11H,5-9H2,1-4H3,(H,27,34)(H,28,33)(H,30,35)/t11-/m1/s1. The number of alkyl halides is 3. The molecule has 1 aliphatic heterocycles. The number of nitrogens with zero attached hydrogens (tertiary/aromatic N) is 4. The van der Waals surface area contributed by atoms with Crippen molar-refractivity contribution in [1.29, 1.82) is 0 Å². The predicted octanol–water partition coefficient (Wildman–Crippen LogP) is 4.28. The van der Waals surface area contributed by atoms with Crippen molar-refractivity contribution in [2.75, 3.05) is 28.6 Å². The van der Waals surface area contributed by atoms with E-state index in [9.17, 15) is 27.6 Å². The molecule has 11 nitrogen and oxygen atoms in total. The van der Waals surface area contributed by atoms with Crippen molar-refractivity contribution in [3.8, 4) is 0 Å². The predicted molar refractivity (Wildman–Crippen MR) is 135 cm³/mol. The fraction of sp³-hybridized carbons (Fsp3) is 0.571. The number of halogens is 4. The molecule has 0 aliphatic carbocycles. The van der Waals surface area contributed by atoms with Gasteiger partial charge in [-0.2, -0.15) is 18.3 Å². The van der Waals surface area contributed by atoms with Crippen LogP contribution in [-0.4, -0.2) is 63.6 Å². The second-order valence-electron chi connectivity index (χ2n) is 9.32. The number of ether oxygens (including phenoxy) is 1. The van der Waals surface area contributed by atoms with Gasteiger partial charge >= 0.3 is 18.2 Å². The lowest BCUT2D eigenvalue weighted by atomic mass is 10.1. The monoisotopic (exact) mass is 609 g/mol. The Morgan fingerprint density at radius 3 is 2.51 bits per heavy atom. The molecule has 0 unspecified atom stereocenters. The van der Waals surface area contributed by atoms with Crippen molar-refractivity contribution in [3.63, 3.8) is 0 Å². The van der Waals surface area contributed by atoms with Gasteiger partial charge in [-0.1, -0.05) is 11.3 Å². The van der Waals surface area contributed by atoms with E-state index in [1.807, 2.05) is 10.2 Å². The van der Waals surface area contributed by atoms with Crippen LogP contribution in [0.3, 0.4) is 0 Å². The molecule has 37 heavy (non-hydrogen) atoms. The van der Waals surface area contributed by atoms with Crippen molar-refractivity contribution in [2.24, 2.45) is 7.05 Å². The first-order valence-electron chi connectivity index (χ1n) is 11.3. The minimum absolute atomic E-state index is 0.0386. The van der Waals surface area contributed by atoms with Crippen LogP contribution in [0.4, 0.5) is 34.5 Å². The maximum Gasteiger partial charge on any atom is 0.471 e. The Balaban J connectivity index is 1.72. The first-order chi connectivity index (χ1) is 17.1. The first-order valence-corrected chi connectivity index (χ1v) is 12.9. The van der Waals surface area contributed by atoms with Gasteiger partial charge in [-0.25, -0.2) is 9.78 Å². The van der Waals surface area contributed by atoms with E-state index in [1.165, 1.54) is 6.20 Å². The van der Waals surface area contributed by atoms with E-state index in [2.05, 4.69) is 36.6 Å². The summed E-state index contributed by atoms with van der Waals surface area (Å²) < 4.78 is 45.1. The largest absolute Gasteiger partial charge is 0.471 e. The molecule has 2 aromatic heterocycles. The topological polar surface area (TPSA) is 130 Å². The van der Waals surface area contributed by atoms with Gasteiger partial charge in [0.15, 0.2) is 15.4 Å². The van der Waals surface area contributed by atoms with Crippen LogP contribution >= 0.6 is 27.3 Å². The second-order valence-corrected chi connectivity index (χ2v) is 11.6. The summed E-state index contributed by atoms with van der Waals surface area (Å²) in [5.74, 6) is -2.01. The Morgan fingerprint density at radius 1 is 1.16 bits per heavy atom. The van der Waals surface area contributed by atoms with Crippen molar-refractivity contribution < 1.29 is 32.3 Å². The van der Waals surface area contributed by atoms with E-state index in [-0.39, 0.29) is 17.1 Å². The Labute approximate surface area is 223 Å². The molecule has 1 fully saturated rings. The lowest BCUT2D eigenvalue weighted by Gasteiger charge is -2.24. The highest BCUT2D eigenvalue weighted by molar-refractivity contribution is 9.11. The van der Waals surface area contributed by atoms with Crippen LogP contribution < -0.4 is 20.9 Å². The SMILES string of the molecule is Cn1ncc(NC(=O)c2nc(Br)sc2NC(=O)OC(C)(C)C)c1N1CCC[C@@H](NC(=O)C(F)(F)F)CC1. The number of thiazole rings is 1. The van der Waals surface area contributed by atoms with Crippen LogP contribution in [0.15, 0.2) is 10.1 Å². The third-order valence-corrected chi connectivity index (χ3v) is 6.63. The number of nitrogens with one attached hydrogen (secondary N) is 3. The number of carbonyl (C=O) groups excluding carboxylic acids is 3. The summed E-state index contributed by atoms with van der Waals surface area (Å²) in [5.41, 5.74) is -0.415. The molecule has 2 aromatic rings. The molecule has 3 rings (SSSR count). The summed E-state index contributed by atoms with van der Waals surface area (Å²) in [6, 6.07) is -0.626. The normalized spacial score (nSPS) is 16.6. The van der Waals surface area contributed by atoms with Gasteiger partial charge in [-0.15, -0.1) is 0 Å². The quantitative estimate of drug-likeness (QED) is 0.461. The van der Waals surface area contributed by atoms with Crippen LogP contribution in [0, 0.1) is 0 Å². The number of aryl methyl sites for hydroxylation is 1. The minimum Gasteiger partial charge on any atom is -0.444 e. The van der Waals surface area contributed by atoms with Crippen molar-refractivity contribution in [3.05, 3.63) is 15.8 Å². The molecule has 0 radical (unpaired) electrons. The Hall–Kier alpha value is -2.88. The molecular formula is C21H27BrF3N7O4S. The number of anilines is 3. The molecule has 16 heteroatoms. The van der Waals surface area contributed by atoms with E-state index < -0.39 is 35.7 Å². The number of carbonyl (C=O) groups is 3. The summed E-state index contributed by atoms with van der Waals surface area (Å²) in [5, 5.41) is 11.7. The molecule has 0 bridgehead atoms. The third-order valence-electron chi connectivity index (χ3n) is 5.21. The van der Waals surface area contributed by atoms with E-state index in [1.54, 1.807) is 32.5 Å². The lowest BCUT2D eigenvalue weighted by molar-refractivity contribution is -0.174. The van der Waals surface area contributed by atoms with E-state index in [4.69, 9.17) is 4.74 Å². The fourth-order valence-electron chi connectivity index (χ4n) is 3.72. The third kappa shape index (κ3) is 7.80. The maximum absolute atomic E-state index is 13.1. The van der Waals surface area contributed by atoms with Gasteiger partial charge < -0.3 is 20.3 Å². The van der Waals surface area contributed by atoms with Crippen LogP contribution in [-0.2, 0) is 16.6 Å². The number of hydrogen-bond acceptors (Lipinski definition) is 8. The van der Waals surface area contributed by atoms with Crippen molar-refractivity contribution >= 4 is 61.7 Å².